The van der Waals surface area contributed by atoms with Crippen molar-refractivity contribution in [2.24, 2.45) is 11.3 Å². The first-order valence-electron chi connectivity index (χ1n) is 7.76. The van der Waals surface area contributed by atoms with E-state index < -0.39 is 10.0 Å². The summed E-state index contributed by atoms with van der Waals surface area (Å²) in [5.74, 6) is -0.00932. The largest absolute Gasteiger partial charge is 0.359 e. The van der Waals surface area contributed by atoms with E-state index in [9.17, 15) is 13.2 Å². The number of carbonyl (C=O) groups excluding carboxylic acids is 1. The van der Waals surface area contributed by atoms with Crippen molar-refractivity contribution in [3.8, 4) is 0 Å². The molecule has 6 heteroatoms. The van der Waals surface area contributed by atoms with Crippen LogP contribution in [0.15, 0.2) is 35.2 Å². The molecule has 0 bridgehead atoms. The van der Waals surface area contributed by atoms with Crippen LogP contribution in [0.1, 0.15) is 25.7 Å². The minimum atomic E-state index is -3.46. The molecule has 0 unspecified atom stereocenters. The molecule has 2 fully saturated rings. The summed E-state index contributed by atoms with van der Waals surface area (Å²) in [5.41, 5.74) is -0.179. The van der Waals surface area contributed by atoms with Gasteiger partial charge in [-0.1, -0.05) is 24.6 Å². The Morgan fingerprint density at radius 1 is 1.27 bits per heavy atom. The lowest BCUT2D eigenvalue weighted by atomic mass is 9.76. The molecule has 22 heavy (non-hydrogen) atoms. The van der Waals surface area contributed by atoms with E-state index in [2.05, 4.69) is 5.32 Å². The maximum Gasteiger partial charge on any atom is 0.243 e. The van der Waals surface area contributed by atoms with Crippen molar-refractivity contribution >= 4 is 15.9 Å². The van der Waals surface area contributed by atoms with Crippen LogP contribution in [0.25, 0.3) is 0 Å². The number of amides is 1. The normalized spacial score (nSPS) is 29.0. The van der Waals surface area contributed by atoms with Crippen LogP contribution in [0.2, 0.25) is 0 Å². The third-order valence-corrected chi connectivity index (χ3v) is 7.06. The molecule has 2 atom stereocenters. The molecule has 5 nitrogen and oxygen atoms in total. The number of benzene rings is 1. The number of nitrogens with zero attached hydrogens (tertiary/aromatic N) is 1. The first-order chi connectivity index (χ1) is 10.5. The van der Waals surface area contributed by atoms with Gasteiger partial charge in [-0.05, 0) is 36.8 Å². The molecule has 1 aromatic carbocycles. The van der Waals surface area contributed by atoms with Crippen LogP contribution in [-0.4, -0.2) is 38.8 Å². The second kappa shape index (κ2) is 5.66. The molecule has 1 aliphatic carbocycles. The van der Waals surface area contributed by atoms with Gasteiger partial charge in [0.05, 0.1) is 4.90 Å². The molecule has 1 heterocycles. The summed E-state index contributed by atoms with van der Waals surface area (Å²) >= 11 is 0. The maximum absolute atomic E-state index is 12.7. The minimum Gasteiger partial charge on any atom is -0.359 e. The number of carbonyl (C=O) groups is 1. The third-order valence-electron chi connectivity index (χ3n) is 5.20. The molecular formula is C16H22N2O3S. The predicted octanol–water partition coefficient (Wildman–Crippen LogP) is 1.61. The van der Waals surface area contributed by atoms with Gasteiger partial charge < -0.3 is 5.32 Å². The van der Waals surface area contributed by atoms with E-state index in [1.807, 2.05) is 6.07 Å². The lowest BCUT2D eigenvalue weighted by Crippen LogP contribution is -2.40. The van der Waals surface area contributed by atoms with Gasteiger partial charge in [0.2, 0.25) is 15.9 Å². The van der Waals surface area contributed by atoms with Gasteiger partial charge in [0.25, 0.3) is 0 Å². The average molecular weight is 322 g/mol. The van der Waals surface area contributed by atoms with Crippen molar-refractivity contribution in [1.29, 1.82) is 0 Å². The smallest absolute Gasteiger partial charge is 0.243 e. The van der Waals surface area contributed by atoms with E-state index in [0.29, 0.717) is 18.0 Å². The minimum absolute atomic E-state index is 0.0523. The van der Waals surface area contributed by atoms with Crippen LogP contribution in [0, 0.1) is 11.3 Å². The first kappa shape index (κ1) is 15.5. The van der Waals surface area contributed by atoms with E-state index in [-0.39, 0.29) is 17.2 Å². The van der Waals surface area contributed by atoms with Gasteiger partial charge in [-0.3, -0.25) is 4.79 Å². The van der Waals surface area contributed by atoms with Crippen LogP contribution >= 0.6 is 0 Å². The summed E-state index contributed by atoms with van der Waals surface area (Å²) in [5, 5.41) is 2.74. The zero-order valence-corrected chi connectivity index (χ0v) is 13.6. The van der Waals surface area contributed by atoms with Crippen molar-refractivity contribution in [3.05, 3.63) is 30.3 Å². The molecular weight excluding hydrogens is 300 g/mol. The Balaban J connectivity index is 1.84. The lowest BCUT2D eigenvalue weighted by molar-refractivity contribution is -0.127. The van der Waals surface area contributed by atoms with Gasteiger partial charge in [0.1, 0.15) is 0 Å². The fraction of sp³-hybridized carbons (Fsp3) is 0.562. The zero-order valence-electron chi connectivity index (χ0n) is 12.8. The number of sulfonamides is 1. The molecule has 1 saturated carbocycles. The second-order valence-electron chi connectivity index (χ2n) is 6.32. The average Bonchev–Trinajstić information content (AvgIpc) is 3.16. The number of rotatable bonds is 3. The van der Waals surface area contributed by atoms with Gasteiger partial charge in [-0.2, -0.15) is 4.31 Å². The molecule has 1 aromatic rings. The molecule has 3 rings (SSSR count). The van der Waals surface area contributed by atoms with Crippen LogP contribution in [0.3, 0.4) is 0 Å². The third kappa shape index (κ3) is 2.44. The quantitative estimate of drug-likeness (QED) is 0.919. The molecule has 2 aliphatic rings. The Hall–Kier alpha value is -1.40. The molecule has 120 valence electrons. The monoisotopic (exact) mass is 322 g/mol. The second-order valence-corrected chi connectivity index (χ2v) is 8.26. The highest BCUT2D eigenvalue weighted by atomic mass is 32.2. The van der Waals surface area contributed by atoms with Gasteiger partial charge in [-0.25, -0.2) is 8.42 Å². The first-order valence-corrected chi connectivity index (χ1v) is 9.20. The van der Waals surface area contributed by atoms with Gasteiger partial charge in [0, 0.05) is 26.1 Å². The molecule has 0 radical (unpaired) electrons. The highest BCUT2D eigenvalue weighted by Gasteiger charge is 2.52. The van der Waals surface area contributed by atoms with E-state index in [0.717, 1.165) is 25.7 Å². The van der Waals surface area contributed by atoms with Gasteiger partial charge in [0.15, 0.2) is 0 Å². The van der Waals surface area contributed by atoms with E-state index in [1.54, 1.807) is 35.6 Å². The highest BCUT2D eigenvalue weighted by molar-refractivity contribution is 7.89. The SMILES string of the molecule is CNC(=O)[C@@H]1CCC[C@@]12CCN(S(=O)(=O)c1ccccc1)C2. The van der Waals surface area contributed by atoms with Crippen molar-refractivity contribution < 1.29 is 13.2 Å². The van der Waals surface area contributed by atoms with Crippen LogP contribution in [0.5, 0.6) is 0 Å². The van der Waals surface area contributed by atoms with Crippen LogP contribution in [-0.2, 0) is 14.8 Å². The molecule has 1 spiro atoms. The number of hydrogen-bond donors (Lipinski definition) is 1. The Kier molecular flexibility index (Phi) is 3.99. The molecule has 1 saturated heterocycles. The van der Waals surface area contributed by atoms with Crippen molar-refractivity contribution in [2.75, 3.05) is 20.1 Å². The Bertz CT molecular complexity index is 659. The van der Waals surface area contributed by atoms with E-state index >= 15 is 0 Å². The summed E-state index contributed by atoms with van der Waals surface area (Å²) in [6.45, 7) is 0.965. The van der Waals surface area contributed by atoms with Crippen molar-refractivity contribution in [3.63, 3.8) is 0 Å². The maximum atomic E-state index is 12.7. The topological polar surface area (TPSA) is 66.5 Å². The zero-order chi connectivity index (χ0) is 15.8. The number of nitrogens with one attached hydrogen (secondary N) is 1. The van der Waals surface area contributed by atoms with Gasteiger partial charge >= 0.3 is 0 Å². The lowest BCUT2D eigenvalue weighted by Gasteiger charge is -2.30. The highest BCUT2D eigenvalue weighted by Crippen LogP contribution is 2.50. The summed E-state index contributed by atoms with van der Waals surface area (Å²) in [7, 11) is -1.80. The summed E-state index contributed by atoms with van der Waals surface area (Å²) in [6.07, 6.45) is 3.57. The molecule has 1 N–H and O–H groups in total. The van der Waals surface area contributed by atoms with Crippen LogP contribution < -0.4 is 5.32 Å². The Morgan fingerprint density at radius 2 is 2.00 bits per heavy atom. The van der Waals surface area contributed by atoms with Gasteiger partial charge in [-0.15, -0.1) is 0 Å². The van der Waals surface area contributed by atoms with E-state index in [4.69, 9.17) is 0 Å². The fourth-order valence-corrected chi connectivity index (χ4v) is 5.57. The Labute approximate surface area is 131 Å². The summed E-state index contributed by atoms with van der Waals surface area (Å²) < 4.78 is 27.1. The molecule has 1 aliphatic heterocycles. The van der Waals surface area contributed by atoms with E-state index in [1.165, 1.54) is 0 Å². The standard InChI is InChI=1S/C16H22N2O3S/c1-17-15(19)14-8-5-9-16(14)10-11-18(12-16)22(20,21)13-6-3-2-4-7-13/h2-4,6-7,14H,5,8-12H2,1H3,(H,17,19)/t14-,16-/m0/s1. The van der Waals surface area contributed by atoms with Crippen molar-refractivity contribution in [2.45, 2.75) is 30.6 Å². The molecule has 0 aromatic heterocycles. The van der Waals surface area contributed by atoms with Crippen LogP contribution in [0.4, 0.5) is 0 Å². The molecule has 1 amide bonds. The summed E-state index contributed by atoms with van der Waals surface area (Å²) in [4.78, 5) is 12.5. The fourth-order valence-electron chi connectivity index (χ4n) is 4.01. The summed E-state index contributed by atoms with van der Waals surface area (Å²) in [6, 6.07) is 8.54. The van der Waals surface area contributed by atoms with Crippen molar-refractivity contribution in [1.82, 2.24) is 9.62 Å². The number of hydrogen-bond acceptors (Lipinski definition) is 3. The predicted molar refractivity (Wildman–Crippen MR) is 83.7 cm³/mol. The Morgan fingerprint density at radius 3 is 2.68 bits per heavy atom.